The molecule has 1 aromatic carbocycles. The van der Waals surface area contributed by atoms with Crippen LogP contribution < -0.4 is 0 Å². The van der Waals surface area contributed by atoms with Gasteiger partial charge in [-0.3, -0.25) is 4.98 Å². The zero-order valence-corrected chi connectivity index (χ0v) is 17.4. The Morgan fingerprint density at radius 1 is 0.800 bits per heavy atom. The van der Waals surface area contributed by atoms with Crippen molar-refractivity contribution in [2.24, 2.45) is 0 Å². The highest BCUT2D eigenvalue weighted by Gasteiger charge is 2.38. The Labute approximate surface area is 190 Å². The molecule has 35 heavy (non-hydrogen) atoms. The number of hydrogen-bond acceptors (Lipinski definition) is 4. The number of hydrogen-bond donors (Lipinski definition) is 1. The van der Waals surface area contributed by atoms with Crippen LogP contribution >= 0.6 is 0 Å². The maximum absolute atomic E-state index is 13.7. The van der Waals surface area contributed by atoms with E-state index in [4.69, 9.17) is 0 Å². The van der Waals surface area contributed by atoms with Crippen LogP contribution in [0.15, 0.2) is 36.5 Å². The molecule has 0 radical (unpaired) electrons. The van der Waals surface area contributed by atoms with Gasteiger partial charge in [-0.1, -0.05) is 13.0 Å². The average molecular weight is 505 g/mol. The number of nitrogens with one attached hydrogen (secondary N) is 1. The highest BCUT2D eigenvalue weighted by Crippen LogP contribution is 2.37. The monoisotopic (exact) mass is 505 g/mol. The summed E-state index contributed by atoms with van der Waals surface area (Å²) in [5, 5.41) is 0. The summed E-state index contributed by atoms with van der Waals surface area (Å²) in [6.07, 6.45) is -13.6. The topological polar surface area (TPSA) is 67.3 Å². The van der Waals surface area contributed by atoms with E-state index in [-0.39, 0.29) is 28.9 Å². The van der Waals surface area contributed by atoms with Crippen molar-refractivity contribution >= 4 is 11.2 Å². The predicted octanol–water partition coefficient (Wildman–Crippen LogP) is 6.70. The molecule has 0 saturated heterocycles. The van der Waals surface area contributed by atoms with Crippen LogP contribution in [-0.4, -0.2) is 24.9 Å². The summed E-state index contributed by atoms with van der Waals surface area (Å²) in [5.41, 5.74) is -4.65. The molecule has 0 spiro atoms. The molecule has 0 saturated carbocycles. The van der Waals surface area contributed by atoms with Crippen LogP contribution in [0, 0.1) is 0 Å². The summed E-state index contributed by atoms with van der Waals surface area (Å²) in [5.74, 6) is -0.750. The SMILES string of the molecule is CCc1cc(C(F)(F)F)ccc1-c1nc2nc(-c3ccc(C(F)(F)F)nc3)nc(C(F)(F)F)c2[nH]1. The van der Waals surface area contributed by atoms with Gasteiger partial charge in [0.1, 0.15) is 17.0 Å². The summed E-state index contributed by atoms with van der Waals surface area (Å²) in [4.78, 5) is 17.0. The van der Waals surface area contributed by atoms with Gasteiger partial charge in [-0.15, -0.1) is 0 Å². The molecule has 0 amide bonds. The lowest BCUT2D eigenvalue weighted by Gasteiger charge is -2.11. The van der Waals surface area contributed by atoms with Gasteiger partial charge in [-0.25, -0.2) is 15.0 Å². The summed E-state index contributed by atoms with van der Waals surface area (Å²) >= 11 is 0. The van der Waals surface area contributed by atoms with Crippen LogP contribution in [0.2, 0.25) is 0 Å². The number of pyridine rings is 1. The Bertz CT molecular complexity index is 1380. The number of nitrogens with zero attached hydrogens (tertiary/aromatic N) is 4. The second-order valence-corrected chi connectivity index (χ2v) is 7.33. The summed E-state index contributed by atoms with van der Waals surface area (Å²) < 4.78 is 119. The molecule has 14 heteroatoms. The molecule has 4 aromatic rings. The average Bonchev–Trinajstić information content (AvgIpc) is 3.20. The lowest BCUT2D eigenvalue weighted by molar-refractivity contribution is -0.141. The molecule has 0 aliphatic carbocycles. The van der Waals surface area contributed by atoms with E-state index in [1.54, 1.807) is 6.92 Å². The summed E-state index contributed by atoms with van der Waals surface area (Å²) in [6.45, 7) is 1.57. The number of aryl methyl sites for hydroxylation is 1. The van der Waals surface area contributed by atoms with E-state index in [1.165, 1.54) is 0 Å². The second-order valence-electron chi connectivity index (χ2n) is 7.33. The first-order chi connectivity index (χ1) is 16.2. The highest BCUT2D eigenvalue weighted by atomic mass is 19.4. The molecular formula is C21H12F9N5. The van der Waals surface area contributed by atoms with Gasteiger partial charge in [0.05, 0.1) is 5.56 Å². The fourth-order valence-electron chi connectivity index (χ4n) is 3.35. The zero-order chi connectivity index (χ0) is 25.8. The Morgan fingerprint density at radius 2 is 1.51 bits per heavy atom. The smallest absolute Gasteiger partial charge is 0.335 e. The Balaban J connectivity index is 1.87. The van der Waals surface area contributed by atoms with Crippen LogP contribution in [0.3, 0.4) is 0 Å². The standard InChI is InChI=1S/C21H12F9N5/c1-2-9-7-11(19(22,23)24)4-5-12(9)17-32-14-15(21(28,29)30)33-16(34-18(14)35-17)10-3-6-13(31-8-10)20(25,26)27/h3-8H,2H2,1H3,(H,32,33,34,35). The van der Waals surface area contributed by atoms with E-state index in [1.807, 2.05) is 0 Å². The molecule has 4 rings (SSSR count). The molecule has 0 fully saturated rings. The van der Waals surface area contributed by atoms with Gasteiger partial charge >= 0.3 is 18.5 Å². The predicted molar refractivity (Wildman–Crippen MR) is 105 cm³/mol. The first kappa shape index (κ1) is 24.4. The third kappa shape index (κ3) is 4.77. The number of aromatic nitrogens is 5. The number of halogens is 9. The van der Waals surface area contributed by atoms with Gasteiger partial charge < -0.3 is 4.98 Å². The van der Waals surface area contributed by atoms with Crippen molar-refractivity contribution in [2.45, 2.75) is 31.9 Å². The molecule has 0 unspecified atom stereocenters. The minimum atomic E-state index is -5.01. The summed E-state index contributed by atoms with van der Waals surface area (Å²) in [7, 11) is 0. The fraction of sp³-hybridized carbons (Fsp3) is 0.238. The van der Waals surface area contributed by atoms with Crippen LogP contribution in [0.1, 0.15) is 29.4 Å². The Hall–Kier alpha value is -3.71. The van der Waals surface area contributed by atoms with Gasteiger partial charge in [0.15, 0.2) is 17.2 Å². The molecular weight excluding hydrogens is 493 g/mol. The maximum atomic E-state index is 13.7. The van der Waals surface area contributed by atoms with Crippen molar-refractivity contribution in [3.8, 4) is 22.8 Å². The molecule has 0 atom stereocenters. The van der Waals surface area contributed by atoms with E-state index >= 15 is 0 Å². The van der Waals surface area contributed by atoms with E-state index in [0.717, 1.165) is 24.3 Å². The molecule has 0 aliphatic rings. The van der Waals surface area contributed by atoms with Crippen molar-refractivity contribution in [1.29, 1.82) is 0 Å². The maximum Gasteiger partial charge on any atom is 0.435 e. The van der Waals surface area contributed by atoms with Crippen LogP contribution in [0.25, 0.3) is 33.9 Å². The van der Waals surface area contributed by atoms with Crippen molar-refractivity contribution in [3.63, 3.8) is 0 Å². The molecule has 184 valence electrons. The van der Waals surface area contributed by atoms with Crippen molar-refractivity contribution < 1.29 is 39.5 Å². The number of fused-ring (bicyclic) bond motifs is 1. The number of rotatable bonds is 3. The molecule has 1 N–H and O–H groups in total. The van der Waals surface area contributed by atoms with Crippen molar-refractivity contribution in [2.75, 3.05) is 0 Å². The second kappa shape index (κ2) is 8.20. The molecule has 0 aliphatic heterocycles. The summed E-state index contributed by atoms with van der Waals surface area (Å²) in [6, 6.07) is 4.17. The van der Waals surface area contributed by atoms with Crippen molar-refractivity contribution in [3.05, 3.63) is 59.0 Å². The molecule has 0 bridgehead atoms. The van der Waals surface area contributed by atoms with Gasteiger partial charge in [-0.2, -0.15) is 39.5 Å². The third-order valence-electron chi connectivity index (χ3n) is 5.00. The normalized spacial score (nSPS) is 13.0. The van der Waals surface area contributed by atoms with Crippen LogP contribution in [-0.2, 0) is 24.9 Å². The minimum Gasteiger partial charge on any atom is -0.335 e. The fourth-order valence-corrected chi connectivity index (χ4v) is 3.35. The first-order valence-electron chi connectivity index (χ1n) is 9.77. The number of benzene rings is 1. The molecule has 3 aromatic heterocycles. The van der Waals surface area contributed by atoms with Gasteiger partial charge in [0.2, 0.25) is 0 Å². The Morgan fingerprint density at radius 3 is 2.06 bits per heavy atom. The molecule has 5 nitrogen and oxygen atoms in total. The number of aromatic amines is 1. The first-order valence-corrected chi connectivity index (χ1v) is 9.77. The van der Waals surface area contributed by atoms with Gasteiger partial charge in [-0.05, 0) is 36.2 Å². The quantitative estimate of drug-likeness (QED) is 0.315. The Kier molecular flexibility index (Phi) is 5.72. The number of alkyl halides is 9. The zero-order valence-electron chi connectivity index (χ0n) is 17.4. The lowest BCUT2D eigenvalue weighted by atomic mass is 10.0. The van der Waals surface area contributed by atoms with Crippen LogP contribution in [0.4, 0.5) is 39.5 Å². The minimum absolute atomic E-state index is 0.122. The number of imidazole rings is 1. The lowest BCUT2D eigenvalue weighted by Crippen LogP contribution is -2.11. The van der Waals surface area contributed by atoms with Crippen molar-refractivity contribution in [1.82, 2.24) is 24.9 Å². The highest BCUT2D eigenvalue weighted by molar-refractivity contribution is 5.81. The van der Waals surface area contributed by atoms with Gasteiger partial charge in [0, 0.05) is 17.3 Å². The third-order valence-corrected chi connectivity index (χ3v) is 5.00. The van der Waals surface area contributed by atoms with E-state index in [0.29, 0.717) is 12.3 Å². The van der Waals surface area contributed by atoms with E-state index in [2.05, 4.69) is 24.9 Å². The van der Waals surface area contributed by atoms with E-state index in [9.17, 15) is 39.5 Å². The molecule has 3 heterocycles. The number of H-pyrrole nitrogens is 1. The van der Waals surface area contributed by atoms with Crippen LogP contribution in [0.5, 0.6) is 0 Å². The largest absolute Gasteiger partial charge is 0.435 e. The van der Waals surface area contributed by atoms with E-state index < -0.39 is 52.5 Å². The van der Waals surface area contributed by atoms with Gasteiger partial charge in [0.25, 0.3) is 0 Å².